The van der Waals surface area contributed by atoms with Crippen LogP contribution in [0.5, 0.6) is 0 Å². The number of amides is 1. The maximum absolute atomic E-state index is 12.7. The molecule has 2 aliphatic rings. The van der Waals surface area contributed by atoms with Crippen LogP contribution in [0.15, 0.2) is 17.5 Å². The van der Waals surface area contributed by atoms with Gasteiger partial charge in [-0.25, -0.2) is 0 Å². The van der Waals surface area contributed by atoms with Gasteiger partial charge in [0.25, 0.3) is 0 Å². The quantitative estimate of drug-likeness (QED) is 0.925. The maximum Gasteiger partial charge on any atom is 0.239 e. The molecule has 0 bridgehead atoms. The zero-order valence-electron chi connectivity index (χ0n) is 12.3. The van der Waals surface area contributed by atoms with E-state index in [2.05, 4.69) is 29.8 Å². The molecule has 1 aliphatic heterocycles. The van der Waals surface area contributed by atoms with E-state index in [1.165, 1.54) is 24.1 Å². The lowest BCUT2D eigenvalue weighted by Gasteiger charge is -2.29. The Balaban J connectivity index is 1.61. The summed E-state index contributed by atoms with van der Waals surface area (Å²) in [5.74, 6) is 1.62. The van der Waals surface area contributed by atoms with Crippen LogP contribution in [0.2, 0.25) is 0 Å². The Morgan fingerprint density at radius 1 is 1.55 bits per heavy atom. The van der Waals surface area contributed by atoms with Crippen LogP contribution in [-0.4, -0.2) is 36.5 Å². The van der Waals surface area contributed by atoms with Crippen molar-refractivity contribution in [3.8, 4) is 0 Å². The van der Waals surface area contributed by atoms with Gasteiger partial charge in [0.1, 0.15) is 0 Å². The first-order valence-electron chi connectivity index (χ1n) is 7.69. The second-order valence-corrected chi connectivity index (χ2v) is 7.35. The number of nitrogens with zero attached hydrogens (tertiary/aromatic N) is 1. The molecule has 2 heterocycles. The van der Waals surface area contributed by atoms with Crippen LogP contribution in [0.1, 0.15) is 31.1 Å². The summed E-state index contributed by atoms with van der Waals surface area (Å²) in [6.45, 7) is 3.19. The molecule has 1 N–H and O–H groups in total. The van der Waals surface area contributed by atoms with Crippen LogP contribution in [-0.2, 0) is 11.2 Å². The van der Waals surface area contributed by atoms with Crippen LogP contribution >= 0.6 is 11.3 Å². The molecule has 1 aromatic rings. The number of hydrogen-bond acceptors (Lipinski definition) is 3. The van der Waals surface area contributed by atoms with Gasteiger partial charge in [0.15, 0.2) is 0 Å². The minimum absolute atomic E-state index is 0.0679. The lowest BCUT2D eigenvalue weighted by molar-refractivity contribution is -0.134. The van der Waals surface area contributed by atoms with Gasteiger partial charge in [0.2, 0.25) is 5.91 Å². The Morgan fingerprint density at radius 3 is 3.15 bits per heavy atom. The third-order valence-corrected chi connectivity index (χ3v) is 6.00. The van der Waals surface area contributed by atoms with E-state index in [9.17, 15) is 4.79 Å². The van der Waals surface area contributed by atoms with Crippen molar-refractivity contribution in [1.29, 1.82) is 0 Å². The topological polar surface area (TPSA) is 32.3 Å². The number of nitrogens with one attached hydrogen (secondary N) is 1. The van der Waals surface area contributed by atoms with Crippen LogP contribution in [0.3, 0.4) is 0 Å². The van der Waals surface area contributed by atoms with Gasteiger partial charge in [0, 0.05) is 24.4 Å². The van der Waals surface area contributed by atoms with Crippen molar-refractivity contribution in [3.63, 3.8) is 0 Å². The van der Waals surface area contributed by atoms with E-state index in [-0.39, 0.29) is 12.1 Å². The SMILES string of the molecule is CC(Cc1cccs1)N(C)C(=O)C1NCC2CCCC21. The summed E-state index contributed by atoms with van der Waals surface area (Å²) < 4.78 is 0. The van der Waals surface area contributed by atoms with E-state index >= 15 is 0 Å². The molecule has 20 heavy (non-hydrogen) atoms. The molecular weight excluding hydrogens is 268 g/mol. The number of fused-ring (bicyclic) bond motifs is 1. The largest absolute Gasteiger partial charge is 0.341 e. The second-order valence-electron chi connectivity index (χ2n) is 6.32. The molecule has 1 amide bonds. The van der Waals surface area contributed by atoms with Crippen molar-refractivity contribution in [2.75, 3.05) is 13.6 Å². The summed E-state index contributed by atoms with van der Waals surface area (Å²) in [6.07, 6.45) is 4.78. The summed E-state index contributed by atoms with van der Waals surface area (Å²) in [7, 11) is 1.96. The lowest BCUT2D eigenvalue weighted by atomic mass is 9.93. The zero-order chi connectivity index (χ0) is 14.1. The molecule has 1 saturated carbocycles. The normalized spacial score (nSPS) is 30.2. The minimum atomic E-state index is 0.0679. The fourth-order valence-corrected chi connectivity index (χ4v) is 4.58. The maximum atomic E-state index is 12.7. The molecule has 4 heteroatoms. The monoisotopic (exact) mass is 292 g/mol. The van der Waals surface area contributed by atoms with Gasteiger partial charge >= 0.3 is 0 Å². The van der Waals surface area contributed by atoms with E-state index in [1.807, 2.05) is 11.9 Å². The van der Waals surface area contributed by atoms with Crippen molar-refractivity contribution in [3.05, 3.63) is 22.4 Å². The molecule has 1 aromatic heterocycles. The lowest BCUT2D eigenvalue weighted by Crippen LogP contribution is -2.48. The summed E-state index contributed by atoms with van der Waals surface area (Å²) >= 11 is 1.77. The number of rotatable bonds is 4. The minimum Gasteiger partial charge on any atom is -0.341 e. The van der Waals surface area contributed by atoms with Crippen LogP contribution in [0.25, 0.3) is 0 Å². The van der Waals surface area contributed by atoms with E-state index in [0.717, 1.165) is 18.9 Å². The van der Waals surface area contributed by atoms with Gasteiger partial charge in [-0.2, -0.15) is 0 Å². The standard InChI is InChI=1S/C16H24N2OS/c1-11(9-13-6-4-8-20-13)18(2)16(19)15-14-7-3-5-12(14)10-17-15/h4,6,8,11-12,14-15,17H,3,5,7,9-10H2,1-2H3. The molecule has 1 saturated heterocycles. The molecular formula is C16H24N2OS. The highest BCUT2D eigenvalue weighted by Crippen LogP contribution is 2.38. The first kappa shape index (κ1) is 14.1. The second kappa shape index (κ2) is 5.86. The molecule has 0 radical (unpaired) electrons. The third kappa shape index (κ3) is 2.63. The number of likely N-dealkylation sites (N-methyl/N-ethyl adjacent to an activating group) is 1. The number of carbonyl (C=O) groups is 1. The first-order valence-corrected chi connectivity index (χ1v) is 8.57. The van der Waals surface area contributed by atoms with Gasteiger partial charge in [-0.05, 0) is 49.6 Å². The predicted molar refractivity (Wildman–Crippen MR) is 82.9 cm³/mol. The van der Waals surface area contributed by atoms with Gasteiger partial charge in [0.05, 0.1) is 6.04 Å². The van der Waals surface area contributed by atoms with E-state index in [1.54, 1.807) is 11.3 Å². The average molecular weight is 292 g/mol. The Bertz CT molecular complexity index is 459. The molecule has 4 atom stereocenters. The Morgan fingerprint density at radius 2 is 2.40 bits per heavy atom. The van der Waals surface area contributed by atoms with Crippen LogP contribution in [0, 0.1) is 11.8 Å². The summed E-state index contributed by atoms with van der Waals surface area (Å²) in [5.41, 5.74) is 0. The molecule has 2 fully saturated rings. The smallest absolute Gasteiger partial charge is 0.239 e. The average Bonchev–Trinajstić information content (AvgIpc) is 3.13. The Kier molecular flexibility index (Phi) is 4.13. The highest BCUT2D eigenvalue weighted by atomic mass is 32.1. The molecule has 110 valence electrons. The fourth-order valence-electron chi connectivity index (χ4n) is 3.75. The van der Waals surface area contributed by atoms with Crippen molar-refractivity contribution >= 4 is 17.2 Å². The Labute approximate surface area is 125 Å². The highest BCUT2D eigenvalue weighted by Gasteiger charge is 2.43. The van der Waals surface area contributed by atoms with Gasteiger partial charge in [-0.1, -0.05) is 12.5 Å². The van der Waals surface area contributed by atoms with Crippen molar-refractivity contribution < 1.29 is 4.79 Å². The molecule has 4 unspecified atom stereocenters. The molecule has 3 rings (SSSR count). The number of hydrogen-bond donors (Lipinski definition) is 1. The van der Waals surface area contributed by atoms with E-state index in [0.29, 0.717) is 11.8 Å². The number of carbonyl (C=O) groups excluding carboxylic acids is 1. The number of thiophene rings is 1. The summed E-state index contributed by atoms with van der Waals surface area (Å²) in [4.78, 5) is 16.0. The van der Waals surface area contributed by atoms with E-state index < -0.39 is 0 Å². The van der Waals surface area contributed by atoms with E-state index in [4.69, 9.17) is 0 Å². The highest BCUT2D eigenvalue weighted by molar-refractivity contribution is 7.09. The van der Waals surface area contributed by atoms with Gasteiger partial charge < -0.3 is 10.2 Å². The summed E-state index contributed by atoms with van der Waals surface area (Å²) in [6, 6.07) is 4.57. The molecule has 3 nitrogen and oxygen atoms in total. The van der Waals surface area contributed by atoms with Crippen LogP contribution < -0.4 is 5.32 Å². The summed E-state index contributed by atoms with van der Waals surface area (Å²) in [5, 5.41) is 5.57. The van der Waals surface area contributed by atoms with Crippen molar-refractivity contribution in [2.45, 2.75) is 44.7 Å². The third-order valence-electron chi connectivity index (χ3n) is 5.10. The van der Waals surface area contributed by atoms with Crippen molar-refractivity contribution in [1.82, 2.24) is 10.2 Å². The molecule has 0 aromatic carbocycles. The van der Waals surface area contributed by atoms with Gasteiger partial charge in [-0.3, -0.25) is 4.79 Å². The Hall–Kier alpha value is -0.870. The molecule has 0 spiro atoms. The van der Waals surface area contributed by atoms with Gasteiger partial charge in [-0.15, -0.1) is 11.3 Å². The predicted octanol–water partition coefficient (Wildman–Crippen LogP) is 2.53. The fraction of sp³-hybridized carbons (Fsp3) is 0.688. The van der Waals surface area contributed by atoms with Crippen LogP contribution in [0.4, 0.5) is 0 Å². The first-order chi connectivity index (χ1) is 9.66. The zero-order valence-corrected chi connectivity index (χ0v) is 13.2. The molecule has 1 aliphatic carbocycles. The van der Waals surface area contributed by atoms with Crippen molar-refractivity contribution in [2.24, 2.45) is 11.8 Å².